The van der Waals surface area contributed by atoms with Crippen LogP contribution in [0.3, 0.4) is 0 Å². The van der Waals surface area contributed by atoms with E-state index in [2.05, 4.69) is 4.90 Å². The van der Waals surface area contributed by atoms with Crippen molar-refractivity contribution in [1.82, 2.24) is 4.90 Å². The molecular weight excluding hydrogens is 260 g/mol. The lowest BCUT2D eigenvalue weighted by Crippen LogP contribution is -2.22. The minimum absolute atomic E-state index is 0.202. The molecule has 0 aliphatic carbocycles. The molecule has 106 valence electrons. The summed E-state index contributed by atoms with van der Waals surface area (Å²) in [4.78, 5) is 2.72. The van der Waals surface area contributed by atoms with E-state index in [1.165, 1.54) is 12.8 Å². The van der Waals surface area contributed by atoms with Crippen molar-refractivity contribution >= 4 is 15.5 Å². The van der Waals surface area contributed by atoms with Crippen molar-refractivity contribution in [3.63, 3.8) is 0 Å². The number of nitrogen functional groups attached to an aromatic ring is 1. The molecule has 1 aromatic rings. The van der Waals surface area contributed by atoms with Crippen molar-refractivity contribution in [3.05, 3.63) is 23.8 Å². The molecule has 1 aliphatic rings. The Morgan fingerprint density at radius 3 is 2.63 bits per heavy atom. The summed E-state index contributed by atoms with van der Waals surface area (Å²) in [5.74, 6) is 0.202. The molecule has 1 fully saturated rings. The summed E-state index contributed by atoms with van der Waals surface area (Å²) in [5.41, 5.74) is 6.99. The molecule has 0 spiro atoms. The Hall–Kier alpha value is -1.07. The lowest BCUT2D eigenvalue weighted by atomic mass is 10.2. The topological polar surface area (TPSA) is 63.4 Å². The molecule has 0 bridgehead atoms. The maximum atomic E-state index is 12.3. The van der Waals surface area contributed by atoms with E-state index in [0.29, 0.717) is 22.6 Å². The van der Waals surface area contributed by atoms with E-state index in [1.54, 1.807) is 25.1 Å². The zero-order valence-corrected chi connectivity index (χ0v) is 12.2. The van der Waals surface area contributed by atoms with Gasteiger partial charge in [0.05, 0.1) is 10.6 Å². The van der Waals surface area contributed by atoms with Crippen LogP contribution >= 0.6 is 0 Å². The van der Waals surface area contributed by atoms with Gasteiger partial charge in [0.25, 0.3) is 0 Å². The predicted molar refractivity (Wildman–Crippen MR) is 77.9 cm³/mol. The Bertz CT molecular complexity index is 534. The highest BCUT2D eigenvalue weighted by Gasteiger charge is 2.19. The van der Waals surface area contributed by atoms with Crippen LogP contribution in [0.1, 0.15) is 24.8 Å². The van der Waals surface area contributed by atoms with Gasteiger partial charge in [-0.2, -0.15) is 0 Å². The van der Waals surface area contributed by atoms with E-state index in [4.69, 9.17) is 5.73 Å². The number of benzene rings is 1. The molecule has 0 unspecified atom stereocenters. The highest BCUT2D eigenvalue weighted by molar-refractivity contribution is 7.91. The van der Waals surface area contributed by atoms with Crippen LogP contribution in [0, 0.1) is 6.92 Å². The fourth-order valence-electron chi connectivity index (χ4n) is 2.56. The van der Waals surface area contributed by atoms with E-state index in [0.717, 1.165) is 19.6 Å². The van der Waals surface area contributed by atoms with Gasteiger partial charge in [-0.3, -0.25) is 0 Å². The summed E-state index contributed by atoms with van der Waals surface area (Å²) in [5, 5.41) is 0. The third-order valence-corrected chi connectivity index (χ3v) is 5.69. The van der Waals surface area contributed by atoms with E-state index in [9.17, 15) is 8.42 Å². The quantitative estimate of drug-likeness (QED) is 0.837. The molecule has 1 aromatic carbocycles. The van der Waals surface area contributed by atoms with Gasteiger partial charge in [0.2, 0.25) is 0 Å². The molecule has 0 amide bonds. The van der Waals surface area contributed by atoms with Crippen LogP contribution in [0.25, 0.3) is 0 Å². The maximum absolute atomic E-state index is 12.3. The van der Waals surface area contributed by atoms with Crippen LogP contribution in [0.15, 0.2) is 23.1 Å². The summed E-state index contributed by atoms with van der Waals surface area (Å²) in [7, 11) is -3.21. The van der Waals surface area contributed by atoms with Gasteiger partial charge in [-0.05, 0) is 63.5 Å². The van der Waals surface area contributed by atoms with Crippen molar-refractivity contribution in [3.8, 4) is 0 Å². The highest BCUT2D eigenvalue weighted by Crippen LogP contribution is 2.22. The Morgan fingerprint density at radius 2 is 1.95 bits per heavy atom. The number of rotatable bonds is 5. The molecule has 1 heterocycles. The van der Waals surface area contributed by atoms with Crippen molar-refractivity contribution < 1.29 is 8.42 Å². The molecule has 0 aromatic heterocycles. The van der Waals surface area contributed by atoms with E-state index in [-0.39, 0.29) is 5.75 Å². The van der Waals surface area contributed by atoms with Gasteiger partial charge in [0, 0.05) is 5.69 Å². The number of sulfone groups is 1. The predicted octanol–water partition coefficient (Wildman–Crippen LogP) is 1.84. The zero-order chi connectivity index (χ0) is 13.9. The van der Waals surface area contributed by atoms with Crippen molar-refractivity contribution in [2.75, 3.05) is 31.1 Å². The number of anilines is 1. The molecule has 2 N–H and O–H groups in total. The van der Waals surface area contributed by atoms with Gasteiger partial charge in [-0.1, -0.05) is 6.07 Å². The van der Waals surface area contributed by atoms with Gasteiger partial charge in [-0.25, -0.2) is 8.42 Å². The van der Waals surface area contributed by atoms with Crippen LogP contribution < -0.4 is 5.73 Å². The first-order valence-corrected chi connectivity index (χ1v) is 8.46. The molecule has 4 nitrogen and oxygen atoms in total. The summed E-state index contributed by atoms with van der Waals surface area (Å²) in [6.07, 6.45) is 3.17. The monoisotopic (exact) mass is 282 g/mol. The first-order valence-electron chi connectivity index (χ1n) is 6.81. The number of hydrogen-bond acceptors (Lipinski definition) is 4. The standard InChI is InChI=1S/C14H22N2O2S/c1-12-13(15)6-4-7-14(12)19(17,18)11-5-10-16-8-2-3-9-16/h4,6-7H,2-3,5,8-11,15H2,1H3. The van der Waals surface area contributed by atoms with Crippen LogP contribution in [-0.4, -0.2) is 38.7 Å². The van der Waals surface area contributed by atoms with Gasteiger partial charge >= 0.3 is 0 Å². The molecule has 5 heteroatoms. The van der Waals surface area contributed by atoms with E-state index >= 15 is 0 Å². The first kappa shape index (κ1) is 14.3. The SMILES string of the molecule is Cc1c(N)cccc1S(=O)(=O)CCCN1CCCC1. The van der Waals surface area contributed by atoms with Crippen LogP contribution in [0.5, 0.6) is 0 Å². The van der Waals surface area contributed by atoms with Crippen LogP contribution in [0.4, 0.5) is 5.69 Å². The third-order valence-electron chi connectivity index (χ3n) is 3.75. The normalized spacial score (nSPS) is 16.9. The summed E-state index contributed by atoms with van der Waals surface area (Å²) in [6.45, 7) is 4.86. The Labute approximate surface area is 115 Å². The fraction of sp³-hybridized carbons (Fsp3) is 0.571. The van der Waals surface area contributed by atoms with E-state index < -0.39 is 9.84 Å². The second-order valence-electron chi connectivity index (χ2n) is 5.19. The molecular formula is C14H22N2O2S. The molecule has 0 saturated carbocycles. The lowest BCUT2D eigenvalue weighted by Gasteiger charge is -2.14. The largest absolute Gasteiger partial charge is 0.398 e. The van der Waals surface area contributed by atoms with Crippen molar-refractivity contribution in [1.29, 1.82) is 0 Å². The first-order chi connectivity index (χ1) is 9.00. The molecule has 0 radical (unpaired) electrons. The average Bonchev–Trinajstić information content (AvgIpc) is 2.85. The number of hydrogen-bond donors (Lipinski definition) is 1. The van der Waals surface area contributed by atoms with E-state index in [1.807, 2.05) is 0 Å². The number of likely N-dealkylation sites (tertiary alicyclic amines) is 1. The van der Waals surface area contributed by atoms with Gasteiger partial charge in [0.1, 0.15) is 0 Å². The van der Waals surface area contributed by atoms with Gasteiger partial charge in [0.15, 0.2) is 9.84 Å². The zero-order valence-electron chi connectivity index (χ0n) is 11.4. The minimum atomic E-state index is -3.21. The highest BCUT2D eigenvalue weighted by atomic mass is 32.2. The van der Waals surface area contributed by atoms with Crippen LogP contribution in [0.2, 0.25) is 0 Å². The molecule has 0 atom stereocenters. The molecule has 1 aliphatic heterocycles. The number of nitrogens with zero attached hydrogens (tertiary/aromatic N) is 1. The minimum Gasteiger partial charge on any atom is -0.398 e. The van der Waals surface area contributed by atoms with Gasteiger partial charge in [-0.15, -0.1) is 0 Å². The van der Waals surface area contributed by atoms with Crippen LogP contribution in [-0.2, 0) is 9.84 Å². The second kappa shape index (κ2) is 5.92. The summed E-state index contributed by atoms with van der Waals surface area (Å²) in [6, 6.07) is 5.09. The molecule has 19 heavy (non-hydrogen) atoms. The summed E-state index contributed by atoms with van der Waals surface area (Å²) < 4.78 is 24.6. The Balaban J connectivity index is 1.99. The summed E-state index contributed by atoms with van der Waals surface area (Å²) >= 11 is 0. The molecule has 2 rings (SSSR count). The fourth-order valence-corrected chi connectivity index (χ4v) is 4.16. The average molecular weight is 282 g/mol. The smallest absolute Gasteiger partial charge is 0.178 e. The van der Waals surface area contributed by atoms with Gasteiger partial charge < -0.3 is 10.6 Å². The second-order valence-corrected chi connectivity index (χ2v) is 7.27. The third kappa shape index (κ3) is 3.48. The van der Waals surface area contributed by atoms with Crippen molar-refractivity contribution in [2.24, 2.45) is 0 Å². The lowest BCUT2D eigenvalue weighted by molar-refractivity contribution is 0.340. The molecule has 1 saturated heterocycles. The number of nitrogens with two attached hydrogens (primary N) is 1. The maximum Gasteiger partial charge on any atom is 0.178 e. The van der Waals surface area contributed by atoms with Crippen molar-refractivity contribution in [2.45, 2.75) is 31.1 Å². The Kier molecular flexibility index (Phi) is 4.47. The Morgan fingerprint density at radius 1 is 1.26 bits per heavy atom.